The van der Waals surface area contributed by atoms with E-state index in [4.69, 9.17) is 0 Å². The lowest BCUT2D eigenvalue weighted by atomic mass is 9.97. The van der Waals surface area contributed by atoms with Crippen LogP contribution in [0.4, 0.5) is 10.1 Å². The van der Waals surface area contributed by atoms with Crippen molar-refractivity contribution in [3.8, 4) is 0 Å². The van der Waals surface area contributed by atoms with Gasteiger partial charge in [0, 0.05) is 29.1 Å². The quantitative estimate of drug-likeness (QED) is 0.883. The Bertz CT molecular complexity index is 638. The van der Waals surface area contributed by atoms with E-state index in [9.17, 15) is 9.18 Å². The summed E-state index contributed by atoms with van der Waals surface area (Å²) < 4.78 is 13.6. The van der Waals surface area contributed by atoms with Crippen LogP contribution in [0.1, 0.15) is 12.8 Å². The highest BCUT2D eigenvalue weighted by molar-refractivity contribution is 6.02. The standard InChI is InChI=1S/C15H16FN3O/c16-12-7-11-9-18-6-3-13(11)14(8-12)19-15(20)10-1-4-17-5-2-10/h3,6-10,17H,1-2,4-5H2,(H,19,20). The van der Waals surface area contributed by atoms with Crippen LogP contribution in [0.25, 0.3) is 10.8 Å². The van der Waals surface area contributed by atoms with E-state index in [1.807, 2.05) is 0 Å². The van der Waals surface area contributed by atoms with E-state index in [0.29, 0.717) is 11.1 Å². The highest BCUT2D eigenvalue weighted by Gasteiger charge is 2.21. The summed E-state index contributed by atoms with van der Waals surface area (Å²) in [5, 5.41) is 7.58. The third kappa shape index (κ3) is 2.63. The molecular weight excluding hydrogens is 257 g/mol. The molecule has 0 atom stereocenters. The predicted molar refractivity (Wildman–Crippen MR) is 75.9 cm³/mol. The van der Waals surface area contributed by atoms with Crippen LogP contribution in [-0.2, 0) is 4.79 Å². The van der Waals surface area contributed by atoms with E-state index >= 15 is 0 Å². The summed E-state index contributed by atoms with van der Waals surface area (Å²) in [6.45, 7) is 1.71. The Labute approximate surface area is 116 Å². The van der Waals surface area contributed by atoms with Crippen LogP contribution in [0.3, 0.4) is 0 Å². The minimum atomic E-state index is -0.369. The van der Waals surface area contributed by atoms with Gasteiger partial charge in [-0.3, -0.25) is 9.78 Å². The van der Waals surface area contributed by atoms with Gasteiger partial charge in [0.1, 0.15) is 5.82 Å². The molecule has 2 aromatic rings. The molecule has 1 saturated heterocycles. The molecule has 20 heavy (non-hydrogen) atoms. The molecule has 0 saturated carbocycles. The molecule has 0 aliphatic carbocycles. The molecule has 1 aromatic heterocycles. The van der Waals surface area contributed by atoms with Crippen molar-refractivity contribution in [2.75, 3.05) is 18.4 Å². The number of anilines is 1. The van der Waals surface area contributed by atoms with Gasteiger partial charge in [-0.1, -0.05) is 0 Å². The maximum atomic E-state index is 13.6. The molecule has 1 aliphatic heterocycles. The largest absolute Gasteiger partial charge is 0.325 e. The summed E-state index contributed by atoms with van der Waals surface area (Å²) in [6, 6.07) is 4.57. The summed E-state index contributed by atoms with van der Waals surface area (Å²) in [4.78, 5) is 16.2. The molecule has 1 fully saturated rings. The first-order chi connectivity index (χ1) is 9.74. The molecule has 5 heteroatoms. The average molecular weight is 273 g/mol. The molecular formula is C15H16FN3O. The van der Waals surface area contributed by atoms with Gasteiger partial charge in [-0.2, -0.15) is 0 Å². The summed E-state index contributed by atoms with van der Waals surface area (Å²) in [5.74, 6) is -0.405. The number of nitrogens with zero attached hydrogens (tertiary/aromatic N) is 1. The maximum absolute atomic E-state index is 13.6. The summed E-state index contributed by atoms with van der Waals surface area (Å²) in [7, 11) is 0. The Morgan fingerprint density at radius 2 is 2.15 bits per heavy atom. The second kappa shape index (κ2) is 5.54. The molecule has 1 aromatic carbocycles. The number of benzene rings is 1. The molecule has 2 N–H and O–H groups in total. The normalized spacial score (nSPS) is 16.2. The fraction of sp³-hybridized carbons (Fsp3) is 0.333. The van der Waals surface area contributed by atoms with E-state index in [1.165, 1.54) is 12.1 Å². The second-order valence-electron chi connectivity index (χ2n) is 5.06. The van der Waals surface area contributed by atoms with Crippen LogP contribution >= 0.6 is 0 Å². The number of halogens is 1. The number of fused-ring (bicyclic) bond motifs is 1. The van der Waals surface area contributed by atoms with Gasteiger partial charge in [0.15, 0.2) is 0 Å². The van der Waals surface area contributed by atoms with Crippen molar-refractivity contribution < 1.29 is 9.18 Å². The van der Waals surface area contributed by atoms with E-state index in [1.54, 1.807) is 18.5 Å². The summed E-state index contributed by atoms with van der Waals surface area (Å²) in [6.07, 6.45) is 4.88. The van der Waals surface area contributed by atoms with Gasteiger partial charge in [0.2, 0.25) is 5.91 Å². The Hall–Kier alpha value is -2.01. The molecule has 104 valence electrons. The number of amides is 1. The topological polar surface area (TPSA) is 54.0 Å². The lowest BCUT2D eigenvalue weighted by molar-refractivity contribution is -0.120. The zero-order valence-electron chi connectivity index (χ0n) is 11.0. The van der Waals surface area contributed by atoms with Crippen molar-refractivity contribution in [2.24, 2.45) is 5.92 Å². The fourth-order valence-electron chi connectivity index (χ4n) is 2.60. The van der Waals surface area contributed by atoms with E-state index in [-0.39, 0.29) is 17.6 Å². The first kappa shape index (κ1) is 13.0. The lowest BCUT2D eigenvalue weighted by Gasteiger charge is -2.22. The van der Waals surface area contributed by atoms with Gasteiger partial charge in [0.25, 0.3) is 0 Å². The molecule has 0 radical (unpaired) electrons. The zero-order chi connectivity index (χ0) is 13.9. The zero-order valence-corrected chi connectivity index (χ0v) is 11.0. The predicted octanol–water partition coefficient (Wildman–Crippen LogP) is 2.31. The fourth-order valence-corrected chi connectivity index (χ4v) is 2.60. The Balaban J connectivity index is 1.88. The molecule has 1 amide bonds. The van der Waals surface area contributed by atoms with Gasteiger partial charge in [0.05, 0.1) is 5.69 Å². The molecule has 2 heterocycles. The summed E-state index contributed by atoms with van der Waals surface area (Å²) in [5.41, 5.74) is 0.519. The smallest absolute Gasteiger partial charge is 0.227 e. The van der Waals surface area contributed by atoms with Crippen molar-refractivity contribution in [1.82, 2.24) is 10.3 Å². The number of hydrogen-bond donors (Lipinski definition) is 2. The van der Waals surface area contributed by atoms with Crippen molar-refractivity contribution in [1.29, 1.82) is 0 Å². The molecule has 1 aliphatic rings. The van der Waals surface area contributed by atoms with Crippen molar-refractivity contribution in [3.05, 3.63) is 36.4 Å². The SMILES string of the molecule is O=C(Nc1cc(F)cc2cnccc12)C1CCNCC1. The first-order valence-corrected chi connectivity index (χ1v) is 6.79. The van der Waals surface area contributed by atoms with E-state index in [0.717, 1.165) is 31.3 Å². The van der Waals surface area contributed by atoms with Crippen LogP contribution < -0.4 is 10.6 Å². The molecule has 0 spiro atoms. The molecule has 0 unspecified atom stereocenters. The van der Waals surface area contributed by atoms with Gasteiger partial charge >= 0.3 is 0 Å². The minimum Gasteiger partial charge on any atom is -0.325 e. The van der Waals surface area contributed by atoms with Gasteiger partial charge in [-0.25, -0.2) is 4.39 Å². The third-order valence-electron chi connectivity index (χ3n) is 3.69. The molecule has 0 bridgehead atoms. The van der Waals surface area contributed by atoms with Gasteiger partial charge in [-0.05, 0) is 44.1 Å². The third-order valence-corrected chi connectivity index (χ3v) is 3.69. The monoisotopic (exact) mass is 273 g/mol. The van der Waals surface area contributed by atoms with E-state index in [2.05, 4.69) is 15.6 Å². The van der Waals surface area contributed by atoms with Crippen molar-refractivity contribution in [3.63, 3.8) is 0 Å². The number of rotatable bonds is 2. The highest BCUT2D eigenvalue weighted by Crippen LogP contribution is 2.25. The first-order valence-electron chi connectivity index (χ1n) is 6.79. The number of hydrogen-bond acceptors (Lipinski definition) is 3. The van der Waals surface area contributed by atoms with Crippen LogP contribution in [0.15, 0.2) is 30.6 Å². The Morgan fingerprint density at radius 1 is 1.35 bits per heavy atom. The number of nitrogens with one attached hydrogen (secondary N) is 2. The lowest BCUT2D eigenvalue weighted by Crippen LogP contribution is -2.34. The van der Waals surface area contributed by atoms with Crippen LogP contribution in [-0.4, -0.2) is 24.0 Å². The van der Waals surface area contributed by atoms with Gasteiger partial charge < -0.3 is 10.6 Å². The second-order valence-corrected chi connectivity index (χ2v) is 5.06. The average Bonchev–Trinajstić information content (AvgIpc) is 2.48. The van der Waals surface area contributed by atoms with Crippen LogP contribution in [0, 0.1) is 11.7 Å². The Kier molecular flexibility index (Phi) is 3.60. The number of carbonyl (C=O) groups excluding carboxylic acids is 1. The summed E-state index contributed by atoms with van der Waals surface area (Å²) >= 11 is 0. The van der Waals surface area contributed by atoms with Crippen LogP contribution in [0.2, 0.25) is 0 Å². The number of piperidine rings is 1. The maximum Gasteiger partial charge on any atom is 0.227 e. The minimum absolute atomic E-state index is 0.00333. The van der Waals surface area contributed by atoms with Crippen molar-refractivity contribution in [2.45, 2.75) is 12.8 Å². The number of pyridine rings is 1. The Morgan fingerprint density at radius 3 is 2.95 bits per heavy atom. The van der Waals surface area contributed by atoms with Crippen LogP contribution in [0.5, 0.6) is 0 Å². The van der Waals surface area contributed by atoms with Gasteiger partial charge in [-0.15, -0.1) is 0 Å². The number of carbonyl (C=O) groups is 1. The molecule has 4 nitrogen and oxygen atoms in total. The van der Waals surface area contributed by atoms with Crippen molar-refractivity contribution >= 4 is 22.4 Å². The highest BCUT2D eigenvalue weighted by atomic mass is 19.1. The number of aromatic nitrogens is 1. The van der Waals surface area contributed by atoms with E-state index < -0.39 is 0 Å². The molecule has 3 rings (SSSR count).